The second-order valence-corrected chi connectivity index (χ2v) is 13.4. The minimum Gasteiger partial charge on any atom is -0.377 e. The maximum absolute atomic E-state index is 12.3. The van der Waals surface area contributed by atoms with Crippen LogP contribution in [-0.4, -0.2) is 30.1 Å². The lowest BCUT2D eigenvalue weighted by atomic mass is 9.46. The Kier molecular flexibility index (Phi) is 6.44. The molecule has 0 spiro atoms. The van der Waals surface area contributed by atoms with Gasteiger partial charge in [-0.05, 0) is 120 Å². The van der Waals surface area contributed by atoms with Gasteiger partial charge in [0, 0.05) is 36.5 Å². The Morgan fingerprint density at radius 3 is 2.47 bits per heavy atom. The van der Waals surface area contributed by atoms with Gasteiger partial charge in [0.05, 0.1) is 0 Å². The fourth-order valence-electron chi connectivity index (χ4n) is 8.31. The number of allylic oxidation sites excluding steroid dienone is 1. The predicted molar refractivity (Wildman–Crippen MR) is 148 cm³/mol. The molecule has 36 heavy (non-hydrogen) atoms. The average Bonchev–Trinajstić information content (AvgIpc) is 3.11. The molecule has 3 nitrogen and oxygen atoms in total. The van der Waals surface area contributed by atoms with E-state index in [1.54, 1.807) is 0 Å². The number of ketones is 1. The van der Waals surface area contributed by atoms with Crippen LogP contribution in [0.1, 0.15) is 91.0 Å². The van der Waals surface area contributed by atoms with Crippen molar-refractivity contribution in [1.82, 2.24) is 0 Å². The van der Waals surface area contributed by atoms with E-state index in [9.17, 15) is 9.90 Å². The molecule has 5 rings (SSSR count). The molecule has 0 unspecified atom stereocenters. The molecule has 1 aromatic carbocycles. The number of benzene rings is 1. The van der Waals surface area contributed by atoms with Crippen LogP contribution in [0, 0.1) is 46.3 Å². The third-order valence-corrected chi connectivity index (χ3v) is 10.3. The summed E-state index contributed by atoms with van der Waals surface area (Å²) in [6.07, 6.45) is 8.66. The van der Waals surface area contributed by atoms with Gasteiger partial charge in [0.1, 0.15) is 5.60 Å². The first-order valence-electron chi connectivity index (χ1n) is 14.3. The van der Waals surface area contributed by atoms with Crippen molar-refractivity contribution < 1.29 is 9.90 Å². The summed E-state index contributed by atoms with van der Waals surface area (Å²) in [6.45, 7) is 11.9. The van der Waals surface area contributed by atoms with Crippen LogP contribution in [0.5, 0.6) is 0 Å². The summed E-state index contributed by atoms with van der Waals surface area (Å²) in [5.74, 6) is 9.66. The summed E-state index contributed by atoms with van der Waals surface area (Å²) >= 11 is 0. The molecule has 4 aliphatic rings. The minimum absolute atomic E-state index is 0.124. The van der Waals surface area contributed by atoms with Crippen molar-refractivity contribution in [3.05, 3.63) is 41.5 Å². The Morgan fingerprint density at radius 2 is 1.81 bits per heavy atom. The van der Waals surface area contributed by atoms with Crippen molar-refractivity contribution in [3.8, 4) is 11.8 Å². The van der Waals surface area contributed by atoms with Gasteiger partial charge in [-0.15, -0.1) is 0 Å². The smallest absolute Gasteiger partial charge is 0.155 e. The number of nitrogens with zero attached hydrogens (tertiary/aromatic N) is 1. The third kappa shape index (κ3) is 4.24. The molecule has 0 aromatic heterocycles. The number of aliphatic hydroxyl groups is 1. The van der Waals surface area contributed by atoms with E-state index in [0.717, 1.165) is 45.1 Å². The Morgan fingerprint density at radius 1 is 1.08 bits per heavy atom. The highest BCUT2D eigenvalue weighted by Crippen LogP contribution is 2.68. The lowest BCUT2D eigenvalue weighted by Crippen LogP contribution is -2.54. The van der Waals surface area contributed by atoms with Crippen molar-refractivity contribution in [1.29, 1.82) is 0 Å². The number of anilines is 1. The molecule has 3 heteroatoms. The summed E-state index contributed by atoms with van der Waals surface area (Å²) < 4.78 is 0. The van der Waals surface area contributed by atoms with Crippen LogP contribution >= 0.6 is 0 Å². The number of carbonyl (C=O) groups is 1. The molecule has 7 atom stereocenters. The molecule has 0 amide bonds. The highest BCUT2D eigenvalue weighted by atomic mass is 16.3. The molecule has 0 saturated heterocycles. The second-order valence-electron chi connectivity index (χ2n) is 13.4. The first-order chi connectivity index (χ1) is 17.0. The molecular formula is C33H45NO2. The van der Waals surface area contributed by atoms with Crippen molar-refractivity contribution in [2.75, 3.05) is 18.5 Å². The highest BCUT2D eigenvalue weighted by Gasteiger charge is 2.64. The number of hydrogen-bond donors (Lipinski definition) is 1. The topological polar surface area (TPSA) is 40.5 Å². The van der Waals surface area contributed by atoms with Crippen molar-refractivity contribution >= 4 is 11.5 Å². The van der Waals surface area contributed by atoms with Gasteiger partial charge in [-0.2, -0.15) is 0 Å². The molecule has 3 fully saturated rings. The van der Waals surface area contributed by atoms with E-state index in [0.29, 0.717) is 41.8 Å². The van der Waals surface area contributed by atoms with Crippen molar-refractivity contribution in [2.24, 2.45) is 34.5 Å². The van der Waals surface area contributed by atoms with E-state index in [-0.39, 0.29) is 10.8 Å². The van der Waals surface area contributed by atoms with Crippen molar-refractivity contribution in [3.63, 3.8) is 0 Å². The van der Waals surface area contributed by atoms with Crippen LogP contribution in [0.25, 0.3) is 0 Å². The van der Waals surface area contributed by atoms with E-state index < -0.39 is 5.60 Å². The van der Waals surface area contributed by atoms with Gasteiger partial charge in [-0.3, -0.25) is 4.79 Å². The minimum atomic E-state index is -0.935. The van der Waals surface area contributed by atoms with Crippen LogP contribution < -0.4 is 4.90 Å². The fourth-order valence-corrected chi connectivity index (χ4v) is 8.31. The quantitative estimate of drug-likeness (QED) is 0.479. The summed E-state index contributed by atoms with van der Waals surface area (Å²) in [4.78, 5) is 14.6. The van der Waals surface area contributed by atoms with Crippen LogP contribution in [0.2, 0.25) is 0 Å². The molecule has 4 aliphatic carbocycles. The first-order valence-corrected chi connectivity index (χ1v) is 14.3. The standard InChI is InChI=1S/C33H45NO2/c1-7-34(6)24-11-8-22(9-12-24)28-21-32(5)29(16-17-33(32,36)19-18-31(2,3)4)27-14-10-23-20-25(35)13-15-26(23)30(27)28/h8-9,11-12,20,26-30,36H,7,10,13-17,21H2,1-6H3/t26-,27-,28+,29-,30+,32-,33+/m0/s1. The van der Waals surface area contributed by atoms with E-state index in [1.807, 2.05) is 6.08 Å². The summed E-state index contributed by atoms with van der Waals surface area (Å²) in [5, 5.41) is 12.1. The zero-order valence-electron chi connectivity index (χ0n) is 23.2. The lowest BCUT2D eigenvalue weighted by Gasteiger charge is -2.58. The zero-order valence-corrected chi connectivity index (χ0v) is 23.2. The number of rotatable bonds is 3. The van der Waals surface area contributed by atoms with Crippen LogP contribution in [0.3, 0.4) is 0 Å². The Balaban J connectivity index is 1.58. The predicted octanol–water partition coefficient (Wildman–Crippen LogP) is 6.76. The largest absolute Gasteiger partial charge is 0.377 e. The molecular weight excluding hydrogens is 442 g/mol. The van der Waals surface area contributed by atoms with Gasteiger partial charge in [-0.25, -0.2) is 0 Å². The van der Waals surface area contributed by atoms with E-state index in [4.69, 9.17) is 0 Å². The molecule has 194 valence electrons. The Hall–Kier alpha value is -2.05. The Labute approximate surface area is 218 Å². The maximum Gasteiger partial charge on any atom is 0.155 e. The zero-order chi connectivity index (χ0) is 25.9. The lowest BCUT2D eigenvalue weighted by molar-refractivity contribution is -0.117. The van der Waals surface area contributed by atoms with Gasteiger partial charge in [0.2, 0.25) is 0 Å². The molecule has 0 heterocycles. The SMILES string of the molecule is CCN(C)c1ccc([C@H]2C[C@@]3(C)[C@@H](CC[C@@]3(O)C#CC(C)(C)C)[C@@H]3CCC4=CC(=O)CC[C@@H]4[C@H]32)cc1. The second kappa shape index (κ2) is 9.05. The fraction of sp³-hybridized carbons (Fsp3) is 0.667. The van der Waals surface area contributed by atoms with Gasteiger partial charge >= 0.3 is 0 Å². The van der Waals surface area contributed by atoms with Crippen LogP contribution in [0.15, 0.2) is 35.9 Å². The maximum atomic E-state index is 12.3. The third-order valence-electron chi connectivity index (χ3n) is 10.3. The monoisotopic (exact) mass is 487 g/mol. The van der Waals surface area contributed by atoms with Gasteiger partial charge in [0.15, 0.2) is 5.78 Å². The van der Waals surface area contributed by atoms with Crippen LogP contribution in [-0.2, 0) is 4.79 Å². The van der Waals surface area contributed by atoms with Crippen LogP contribution in [0.4, 0.5) is 5.69 Å². The van der Waals surface area contributed by atoms with Gasteiger partial charge in [0.25, 0.3) is 0 Å². The number of fused-ring (bicyclic) bond motifs is 5. The number of hydrogen-bond acceptors (Lipinski definition) is 3. The highest BCUT2D eigenvalue weighted by molar-refractivity contribution is 5.91. The average molecular weight is 488 g/mol. The molecule has 0 aliphatic heterocycles. The van der Waals surface area contributed by atoms with Crippen molar-refractivity contribution in [2.45, 2.75) is 91.1 Å². The van der Waals surface area contributed by atoms with E-state index >= 15 is 0 Å². The Bertz CT molecular complexity index is 1100. The normalized spacial score (nSPS) is 37.7. The van der Waals surface area contributed by atoms with Gasteiger partial charge < -0.3 is 10.0 Å². The molecule has 3 saturated carbocycles. The molecule has 1 aromatic rings. The van der Waals surface area contributed by atoms with E-state index in [1.165, 1.54) is 16.8 Å². The molecule has 0 bridgehead atoms. The van der Waals surface area contributed by atoms with Gasteiger partial charge in [-0.1, -0.05) is 36.5 Å². The summed E-state index contributed by atoms with van der Waals surface area (Å²) in [5.41, 5.74) is 2.77. The summed E-state index contributed by atoms with van der Waals surface area (Å²) in [7, 11) is 2.14. The molecule has 1 N–H and O–H groups in total. The summed E-state index contributed by atoms with van der Waals surface area (Å²) in [6, 6.07) is 9.22. The van der Waals surface area contributed by atoms with E-state index in [2.05, 4.69) is 82.7 Å². The first kappa shape index (κ1) is 25.6. The molecule has 0 radical (unpaired) electrons. The number of carbonyl (C=O) groups excluding carboxylic acids is 1.